The molecular formula is C20H26N2O3S. The number of thiophene rings is 1. The van der Waals surface area contributed by atoms with Gasteiger partial charge in [-0.25, -0.2) is 0 Å². The van der Waals surface area contributed by atoms with Crippen LogP contribution < -0.4 is 0 Å². The lowest BCUT2D eigenvalue weighted by Crippen LogP contribution is -2.41. The zero-order chi connectivity index (χ0) is 17.8. The minimum absolute atomic E-state index is 0.131. The summed E-state index contributed by atoms with van der Waals surface area (Å²) in [4.78, 5) is 14.7. The van der Waals surface area contributed by atoms with Crippen molar-refractivity contribution in [2.24, 2.45) is 5.92 Å². The summed E-state index contributed by atoms with van der Waals surface area (Å²) < 4.78 is 13.7. The molecule has 0 bridgehead atoms. The van der Waals surface area contributed by atoms with Crippen LogP contribution in [0.15, 0.2) is 35.2 Å². The van der Waals surface area contributed by atoms with E-state index < -0.39 is 0 Å². The van der Waals surface area contributed by atoms with Gasteiger partial charge in [-0.05, 0) is 48.8 Å². The second kappa shape index (κ2) is 8.37. The predicted octanol–water partition coefficient (Wildman–Crippen LogP) is 3.58. The number of ether oxygens (including phenoxy) is 2. The third-order valence-electron chi connectivity index (χ3n) is 5.39. The number of aromatic nitrogens is 1. The fraction of sp³-hybridized carbons (Fsp3) is 0.550. The molecule has 0 saturated carbocycles. The molecule has 26 heavy (non-hydrogen) atoms. The van der Waals surface area contributed by atoms with E-state index in [0.29, 0.717) is 12.5 Å². The first-order valence-electron chi connectivity index (χ1n) is 9.44. The lowest BCUT2D eigenvalue weighted by Gasteiger charge is -2.35. The van der Waals surface area contributed by atoms with E-state index in [-0.39, 0.29) is 11.9 Å². The molecule has 4 rings (SSSR count). The molecule has 2 aliphatic rings. The number of amides is 1. The Morgan fingerprint density at radius 3 is 3.00 bits per heavy atom. The van der Waals surface area contributed by atoms with Crippen LogP contribution in [0.4, 0.5) is 0 Å². The van der Waals surface area contributed by atoms with Gasteiger partial charge in [-0.2, -0.15) is 11.3 Å². The monoisotopic (exact) mass is 374 g/mol. The zero-order valence-electron chi connectivity index (χ0n) is 15.0. The summed E-state index contributed by atoms with van der Waals surface area (Å²) in [6, 6.07) is 6.38. The molecule has 140 valence electrons. The quantitative estimate of drug-likeness (QED) is 0.726. The summed E-state index contributed by atoms with van der Waals surface area (Å²) in [6.07, 6.45) is 5.27. The van der Waals surface area contributed by atoms with Gasteiger partial charge in [0.25, 0.3) is 5.91 Å². The van der Waals surface area contributed by atoms with Gasteiger partial charge in [0, 0.05) is 50.2 Å². The molecule has 0 spiro atoms. The molecule has 0 unspecified atom stereocenters. The summed E-state index contributed by atoms with van der Waals surface area (Å²) >= 11 is 1.57. The molecule has 0 radical (unpaired) electrons. The van der Waals surface area contributed by atoms with Gasteiger partial charge in [0.2, 0.25) is 0 Å². The highest BCUT2D eigenvalue weighted by Gasteiger charge is 2.28. The molecule has 5 nitrogen and oxygen atoms in total. The highest BCUT2D eigenvalue weighted by Crippen LogP contribution is 2.26. The van der Waals surface area contributed by atoms with Crippen LogP contribution in [0.3, 0.4) is 0 Å². The highest BCUT2D eigenvalue weighted by atomic mass is 32.1. The minimum atomic E-state index is 0.131. The summed E-state index contributed by atoms with van der Waals surface area (Å²) in [5.41, 5.74) is 2.00. The van der Waals surface area contributed by atoms with Crippen molar-refractivity contribution in [3.8, 4) is 0 Å². The van der Waals surface area contributed by atoms with Crippen molar-refractivity contribution in [3.05, 3.63) is 46.4 Å². The molecule has 1 atom stereocenters. The van der Waals surface area contributed by atoms with E-state index >= 15 is 0 Å². The van der Waals surface area contributed by atoms with Crippen LogP contribution in [-0.2, 0) is 16.0 Å². The van der Waals surface area contributed by atoms with E-state index in [1.807, 2.05) is 21.7 Å². The molecule has 2 aromatic rings. The average molecular weight is 375 g/mol. The summed E-state index contributed by atoms with van der Waals surface area (Å²) in [5.74, 6) is 0.765. The van der Waals surface area contributed by atoms with Crippen molar-refractivity contribution in [1.82, 2.24) is 9.47 Å². The molecule has 1 amide bonds. The van der Waals surface area contributed by atoms with Crippen molar-refractivity contribution < 1.29 is 14.3 Å². The maximum atomic E-state index is 12.8. The van der Waals surface area contributed by atoms with Gasteiger partial charge in [0.05, 0.1) is 18.2 Å². The second-order valence-corrected chi connectivity index (χ2v) is 7.96. The molecule has 6 heteroatoms. The summed E-state index contributed by atoms with van der Waals surface area (Å²) in [7, 11) is 0. The normalized spacial score (nSPS) is 20.9. The van der Waals surface area contributed by atoms with Crippen LogP contribution in [-0.4, -0.2) is 48.3 Å². The Morgan fingerprint density at radius 1 is 1.31 bits per heavy atom. The first kappa shape index (κ1) is 17.8. The molecule has 2 aliphatic heterocycles. The van der Waals surface area contributed by atoms with Crippen LogP contribution in [0, 0.1) is 5.92 Å². The van der Waals surface area contributed by atoms with Crippen molar-refractivity contribution in [3.63, 3.8) is 0 Å². The predicted molar refractivity (Wildman–Crippen MR) is 102 cm³/mol. The third-order valence-corrected chi connectivity index (χ3v) is 6.07. The Hall–Kier alpha value is -1.63. The topological polar surface area (TPSA) is 43.7 Å². The standard InChI is InChI=1S/C20H26N2O3S/c23-20(17-6-11-26-15-17)21-12-18-2-1-7-22(18)19(13-21)5-10-25-14-16-3-8-24-9-4-16/h1-2,6-7,11,15-16,19H,3-5,8-10,12-14H2/t19-/m0/s1. The van der Waals surface area contributed by atoms with Gasteiger partial charge in [0.1, 0.15) is 0 Å². The number of fused-ring (bicyclic) bond motifs is 1. The molecule has 0 aromatic carbocycles. The Labute approximate surface area is 158 Å². The molecule has 0 aliphatic carbocycles. The van der Waals surface area contributed by atoms with Gasteiger partial charge in [0.15, 0.2) is 0 Å². The van der Waals surface area contributed by atoms with E-state index in [0.717, 1.165) is 57.8 Å². The smallest absolute Gasteiger partial charge is 0.255 e. The van der Waals surface area contributed by atoms with Crippen molar-refractivity contribution in [2.75, 3.05) is 33.0 Å². The van der Waals surface area contributed by atoms with Gasteiger partial charge in [-0.15, -0.1) is 0 Å². The first-order valence-corrected chi connectivity index (χ1v) is 10.4. The fourth-order valence-corrected chi connectivity index (χ4v) is 4.49. The number of hydrogen-bond donors (Lipinski definition) is 0. The third kappa shape index (κ3) is 4.03. The van der Waals surface area contributed by atoms with Crippen molar-refractivity contribution in [2.45, 2.75) is 31.8 Å². The maximum absolute atomic E-state index is 12.8. The molecular weight excluding hydrogens is 348 g/mol. The van der Waals surface area contributed by atoms with Crippen LogP contribution in [0.2, 0.25) is 0 Å². The van der Waals surface area contributed by atoms with Crippen LogP contribution >= 0.6 is 11.3 Å². The average Bonchev–Trinajstić information content (AvgIpc) is 3.37. The van der Waals surface area contributed by atoms with E-state index in [1.54, 1.807) is 11.3 Å². The van der Waals surface area contributed by atoms with Gasteiger partial charge >= 0.3 is 0 Å². The number of rotatable bonds is 6. The summed E-state index contributed by atoms with van der Waals surface area (Å²) in [5, 5.41) is 3.89. The second-order valence-electron chi connectivity index (χ2n) is 7.18. The van der Waals surface area contributed by atoms with Crippen molar-refractivity contribution in [1.29, 1.82) is 0 Å². The van der Waals surface area contributed by atoms with E-state index in [2.05, 4.69) is 22.9 Å². The van der Waals surface area contributed by atoms with Gasteiger partial charge in [-0.3, -0.25) is 4.79 Å². The molecule has 1 saturated heterocycles. The Morgan fingerprint density at radius 2 is 2.19 bits per heavy atom. The largest absolute Gasteiger partial charge is 0.381 e. The van der Waals surface area contributed by atoms with Gasteiger partial charge in [-0.1, -0.05) is 0 Å². The Kier molecular flexibility index (Phi) is 5.72. The molecule has 2 aromatic heterocycles. The lowest BCUT2D eigenvalue weighted by atomic mass is 10.0. The van der Waals surface area contributed by atoms with Crippen molar-refractivity contribution >= 4 is 17.2 Å². The number of hydrogen-bond acceptors (Lipinski definition) is 4. The first-order chi connectivity index (χ1) is 12.8. The van der Waals surface area contributed by atoms with E-state index in [1.165, 1.54) is 5.69 Å². The van der Waals surface area contributed by atoms with E-state index in [9.17, 15) is 4.79 Å². The molecule has 0 N–H and O–H groups in total. The van der Waals surface area contributed by atoms with Crippen LogP contribution in [0.25, 0.3) is 0 Å². The van der Waals surface area contributed by atoms with E-state index in [4.69, 9.17) is 9.47 Å². The number of carbonyl (C=O) groups excluding carboxylic acids is 1. The molecule has 4 heterocycles. The Balaban J connectivity index is 1.33. The highest BCUT2D eigenvalue weighted by molar-refractivity contribution is 7.08. The number of nitrogens with zero attached hydrogens (tertiary/aromatic N) is 2. The van der Waals surface area contributed by atoms with Crippen LogP contribution in [0.1, 0.15) is 41.4 Å². The lowest BCUT2D eigenvalue weighted by molar-refractivity contribution is 0.0161. The fourth-order valence-electron chi connectivity index (χ4n) is 3.86. The van der Waals surface area contributed by atoms with Crippen LogP contribution in [0.5, 0.6) is 0 Å². The summed E-state index contributed by atoms with van der Waals surface area (Å²) in [6.45, 7) is 4.72. The number of carbonyl (C=O) groups is 1. The van der Waals surface area contributed by atoms with Gasteiger partial charge < -0.3 is 18.9 Å². The minimum Gasteiger partial charge on any atom is -0.381 e. The SMILES string of the molecule is O=C(c1ccsc1)N1Cc2cccn2[C@@H](CCOCC2CCOCC2)C1. The zero-order valence-corrected chi connectivity index (χ0v) is 15.8. The Bertz CT molecular complexity index is 706. The molecule has 1 fully saturated rings. The maximum Gasteiger partial charge on any atom is 0.255 e.